The van der Waals surface area contributed by atoms with Gasteiger partial charge in [-0.2, -0.15) is 0 Å². The number of pyridine rings is 1. The van der Waals surface area contributed by atoms with Crippen LogP contribution in [0.15, 0.2) is 29.6 Å². The van der Waals surface area contributed by atoms with E-state index in [0.717, 1.165) is 6.07 Å². The minimum atomic E-state index is -1.77. The lowest BCUT2D eigenvalue weighted by atomic mass is 10.1. The van der Waals surface area contributed by atoms with E-state index in [1.807, 2.05) is 0 Å². The zero-order valence-electron chi connectivity index (χ0n) is 13.3. The van der Waals surface area contributed by atoms with E-state index in [1.54, 1.807) is 0 Å². The first kappa shape index (κ1) is 18.7. The average Bonchev–Trinajstić information content (AvgIpc) is 2.98. The molecule has 0 fully saturated rings. The van der Waals surface area contributed by atoms with E-state index in [4.69, 9.17) is 44.4 Å². The van der Waals surface area contributed by atoms with Gasteiger partial charge < -0.3 is 14.3 Å². The third-order valence-electron chi connectivity index (χ3n) is 3.50. The summed E-state index contributed by atoms with van der Waals surface area (Å²) < 4.78 is 24.4. The van der Waals surface area contributed by atoms with E-state index in [1.165, 1.54) is 32.4 Å². The van der Waals surface area contributed by atoms with Crippen LogP contribution in [0.2, 0.25) is 15.1 Å². The molecule has 6 nitrogen and oxygen atoms in total. The van der Waals surface area contributed by atoms with Crippen LogP contribution in [-0.4, -0.2) is 29.7 Å². The van der Waals surface area contributed by atoms with E-state index < -0.39 is 17.6 Å². The molecule has 0 N–H and O–H groups in total. The van der Waals surface area contributed by atoms with Gasteiger partial charge in [-0.1, -0.05) is 34.8 Å². The molecule has 1 aliphatic heterocycles. The molecule has 3 rings (SSSR count). The molecule has 0 aliphatic carbocycles. The largest absolute Gasteiger partial charge is 0.463 e. The fourth-order valence-electron chi connectivity index (χ4n) is 2.23. The zero-order chi connectivity index (χ0) is 19.1. The fraction of sp³-hybridized carbons (Fsp3) is 0.188. The molecule has 1 atom stereocenters. The highest BCUT2D eigenvalue weighted by molar-refractivity contribution is 6.36. The van der Waals surface area contributed by atoms with E-state index in [2.05, 4.69) is 14.9 Å². The summed E-state index contributed by atoms with van der Waals surface area (Å²) in [4.78, 5) is 20.8. The monoisotopic (exact) mass is 418 g/mol. The molecular formula is C16H10Cl3FN2O4. The number of rotatable bonds is 3. The number of carbonyl (C=O) groups excluding carboxylic acids is 1. The van der Waals surface area contributed by atoms with Gasteiger partial charge >= 0.3 is 11.8 Å². The number of esters is 1. The summed E-state index contributed by atoms with van der Waals surface area (Å²) in [6.07, 6.45) is 1.33. The first-order valence-corrected chi connectivity index (χ1v) is 8.23. The number of methoxy groups -OCH3 is 1. The summed E-state index contributed by atoms with van der Waals surface area (Å²) in [5.41, 5.74) is 0.384. The van der Waals surface area contributed by atoms with Gasteiger partial charge in [0.25, 0.3) is 5.90 Å². The molecule has 0 spiro atoms. The molecule has 0 amide bonds. The first-order chi connectivity index (χ1) is 12.2. The predicted octanol–water partition coefficient (Wildman–Crippen LogP) is 4.45. The molecule has 10 heteroatoms. The second-order valence-electron chi connectivity index (χ2n) is 5.32. The van der Waals surface area contributed by atoms with Gasteiger partial charge in [0.05, 0.1) is 33.4 Å². The summed E-state index contributed by atoms with van der Waals surface area (Å²) in [5, 5.41) is 4.15. The van der Waals surface area contributed by atoms with Crippen molar-refractivity contribution in [2.45, 2.75) is 12.7 Å². The van der Waals surface area contributed by atoms with E-state index in [-0.39, 0.29) is 32.8 Å². The van der Waals surface area contributed by atoms with Crippen LogP contribution < -0.4 is 0 Å². The maximum absolute atomic E-state index is 14.4. The number of aromatic nitrogens is 1. The maximum atomic E-state index is 14.4. The van der Waals surface area contributed by atoms with Gasteiger partial charge in [0.1, 0.15) is 5.82 Å². The fourth-order valence-corrected chi connectivity index (χ4v) is 2.94. The van der Waals surface area contributed by atoms with Crippen LogP contribution in [0.5, 0.6) is 0 Å². The second-order valence-corrected chi connectivity index (χ2v) is 6.57. The Labute approximate surface area is 162 Å². The molecule has 0 radical (unpaired) electrons. The molecule has 2 heterocycles. The van der Waals surface area contributed by atoms with Gasteiger partial charge in [-0.3, -0.25) is 4.98 Å². The smallest absolute Gasteiger partial charge is 0.394 e. The van der Waals surface area contributed by atoms with Gasteiger partial charge in [0, 0.05) is 18.7 Å². The van der Waals surface area contributed by atoms with E-state index >= 15 is 0 Å². The van der Waals surface area contributed by atoms with E-state index in [9.17, 15) is 9.18 Å². The summed E-state index contributed by atoms with van der Waals surface area (Å²) in [5.74, 6) is -3.34. The Balaban J connectivity index is 2.04. The van der Waals surface area contributed by atoms with Crippen molar-refractivity contribution in [2.24, 2.45) is 5.16 Å². The number of nitrogens with zero attached hydrogens (tertiary/aromatic N) is 2. The maximum Gasteiger partial charge on any atom is 0.394 e. The number of oxime groups is 1. The van der Waals surface area contributed by atoms with Crippen LogP contribution in [0.1, 0.15) is 12.5 Å². The Hall–Kier alpha value is -2.09. The summed E-state index contributed by atoms with van der Waals surface area (Å²) in [6, 6.07) is 3.82. The minimum Gasteiger partial charge on any atom is -0.463 e. The standard InChI is InChI=1S/C16H10Cl3FN2O4/c1-16(15(23)24-2)25-14(22-26-16)8-4-9(12(20)5-10(8)18)13-11(19)3-7(17)6-21-13/h3-6H,1-2H3. The molecule has 136 valence electrons. The molecule has 0 saturated carbocycles. The van der Waals surface area contributed by atoms with Crippen molar-refractivity contribution in [3.63, 3.8) is 0 Å². The van der Waals surface area contributed by atoms with Crippen molar-refractivity contribution in [3.05, 3.63) is 50.8 Å². The van der Waals surface area contributed by atoms with Gasteiger partial charge in [-0.25, -0.2) is 9.18 Å². The molecule has 26 heavy (non-hydrogen) atoms. The summed E-state index contributed by atoms with van der Waals surface area (Å²) >= 11 is 18.0. The Morgan fingerprint density at radius 1 is 1.19 bits per heavy atom. The molecule has 0 bridgehead atoms. The Morgan fingerprint density at radius 2 is 1.92 bits per heavy atom. The number of carbonyl (C=O) groups is 1. The number of hydrogen-bond donors (Lipinski definition) is 0. The van der Waals surface area contributed by atoms with Gasteiger partial charge in [-0.15, -0.1) is 0 Å². The van der Waals surface area contributed by atoms with Crippen LogP contribution >= 0.6 is 34.8 Å². The zero-order valence-corrected chi connectivity index (χ0v) is 15.6. The van der Waals surface area contributed by atoms with Crippen LogP contribution in [0, 0.1) is 5.82 Å². The Morgan fingerprint density at radius 3 is 2.58 bits per heavy atom. The Bertz CT molecular complexity index is 938. The molecule has 2 aromatic rings. The quantitative estimate of drug-likeness (QED) is 0.688. The van der Waals surface area contributed by atoms with Crippen LogP contribution in [-0.2, 0) is 19.1 Å². The van der Waals surface area contributed by atoms with Crippen molar-refractivity contribution in [1.29, 1.82) is 0 Å². The van der Waals surface area contributed by atoms with Crippen molar-refractivity contribution in [3.8, 4) is 11.3 Å². The Kier molecular flexibility index (Phi) is 4.96. The topological polar surface area (TPSA) is 70.0 Å². The van der Waals surface area contributed by atoms with Crippen LogP contribution in [0.3, 0.4) is 0 Å². The third-order valence-corrected chi connectivity index (χ3v) is 4.31. The lowest BCUT2D eigenvalue weighted by molar-refractivity contribution is -0.198. The highest BCUT2D eigenvalue weighted by Gasteiger charge is 2.46. The lowest BCUT2D eigenvalue weighted by Crippen LogP contribution is -2.38. The van der Waals surface area contributed by atoms with E-state index in [0.29, 0.717) is 5.02 Å². The second kappa shape index (κ2) is 6.90. The van der Waals surface area contributed by atoms with Gasteiger partial charge in [0.2, 0.25) is 0 Å². The molecular weight excluding hydrogens is 410 g/mol. The van der Waals surface area contributed by atoms with Gasteiger partial charge in [0.15, 0.2) is 0 Å². The number of ether oxygens (including phenoxy) is 2. The predicted molar refractivity (Wildman–Crippen MR) is 93.8 cm³/mol. The third kappa shape index (κ3) is 3.30. The van der Waals surface area contributed by atoms with Gasteiger partial charge in [-0.05, 0) is 23.4 Å². The molecule has 0 saturated heterocycles. The first-order valence-electron chi connectivity index (χ1n) is 7.09. The number of benzene rings is 1. The highest BCUT2D eigenvalue weighted by atomic mass is 35.5. The van der Waals surface area contributed by atoms with Crippen LogP contribution in [0.4, 0.5) is 4.39 Å². The normalized spacial score (nSPS) is 18.8. The highest BCUT2D eigenvalue weighted by Crippen LogP contribution is 2.35. The average molecular weight is 420 g/mol. The number of halogens is 4. The van der Waals surface area contributed by atoms with Crippen LogP contribution in [0.25, 0.3) is 11.3 Å². The molecule has 1 aromatic carbocycles. The van der Waals surface area contributed by atoms with Crippen molar-refractivity contribution >= 4 is 46.7 Å². The molecule has 1 aromatic heterocycles. The molecule has 1 unspecified atom stereocenters. The van der Waals surface area contributed by atoms with Crippen molar-refractivity contribution in [2.75, 3.05) is 7.11 Å². The van der Waals surface area contributed by atoms with Crippen molar-refractivity contribution in [1.82, 2.24) is 4.98 Å². The molecule has 1 aliphatic rings. The minimum absolute atomic E-state index is 0.00667. The number of hydrogen-bond acceptors (Lipinski definition) is 6. The summed E-state index contributed by atoms with van der Waals surface area (Å²) in [6.45, 7) is 1.32. The van der Waals surface area contributed by atoms with Crippen molar-refractivity contribution < 1.29 is 23.5 Å². The lowest BCUT2D eigenvalue weighted by Gasteiger charge is -2.18. The SMILES string of the molecule is COC(=O)C1(C)ON=C(c2cc(-c3ncc(Cl)cc3Cl)c(F)cc2Cl)O1. The summed E-state index contributed by atoms with van der Waals surface area (Å²) in [7, 11) is 1.18.